The standard InChI is InChI=1S/C12H5Cl2F2/c13-11-4-2-7(15)5-10(11)9-3-1-8(16)6-12(9)14/h1-3,5-6H. The Balaban J connectivity index is 2.62. The highest BCUT2D eigenvalue weighted by Crippen LogP contribution is 2.33. The monoisotopic (exact) mass is 257 g/mol. The van der Waals surface area contributed by atoms with Crippen molar-refractivity contribution in [2.45, 2.75) is 0 Å². The molecular formula is C12H5Cl2F2. The van der Waals surface area contributed by atoms with Gasteiger partial charge < -0.3 is 0 Å². The Kier molecular flexibility index (Phi) is 3.13. The van der Waals surface area contributed by atoms with E-state index in [4.69, 9.17) is 23.2 Å². The zero-order valence-electron chi connectivity index (χ0n) is 7.90. The van der Waals surface area contributed by atoms with Crippen molar-refractivity contribution in [2.75, 3.05) is 0 Å². The maximum atomic E-state index is 13.0. The molecule has 0 saturated heterocycles. The van der Waals surface area contributed by atoms with Crippen LogP contribution in [0.1, 0.15) is 0 Å². The van der Waals surface area contributed by atoms with E-state index in [1.807, 2.05) is 0 Å². The van der Waals surface area contributed by atoms with Crippen molar-refractivity contribution < 1.29 is 8.78 Å². The predicted molar refractivity (Wildman–Crippen MR) is 60.7 cm³/mol. The Morgan fingerprint density at radius 3 is 2.38 bits per heavy atom. The van der Waals surface area contributed by atoms with Crippen LogP contribution in [-0.4, -0.2) is 0 Å². The van der Waals surface area contributed by atoms with E-state index in [1.165, 1.54) is 18.2 Å². The first-order chi connectivity index (χ1) is 7.58. The van der Waals surface area contributed by atoms with Gasteiger partial charge in [0.05, 0.1) is 10.0 Å². The summed E-state index contributed by atoms with van der Waals surface area (Å²) in [7, 11) is 0. The maximum Gasteiger partial charge on any atom is 0.124 e. The van der Waals surface area contributed by atoms with Gasteiger partial charge in [-0.25, -0.2) is 8.78 Å². The minimum atomic E-state index is -0.472. The molecule has 2 aromatic rings. The van der Waals surface area contributed by atoms with Crippen LogP contribution in [0.5, 0.6) is 0 Å². The minimum Gasteiger partial charge on any atom is -0.207 e. The van der Waals surface area contributed by atoms with Crippen LogP contribution < -0.4 is 0 Å². The molecule has 0 saturated carbocycles. The molecule has 0 unspecified atom stereocenters. The highest BCUT2D eigenvalue weighted by Gasteiger charge is 2.09. The highest BCUT2D eigenvalue weighted by atomic mass is 35.5. The first kappa shape index (κ1) is 11.4. The first-order valence-corrected chi connectivity index (χ1v) is 5.15. The summed E-state index contributed by atoms with van der Waals surface area (Å²) in [5.74, 6) is -0.926. The first-order valence-electron chi connectivity index (χ1n) is 4.40. The van der Waals surface area contributed by atoms with E-state index in [2.05, 4.69) is 6.07 Å². The van der Waals surface area contributed by atoms with Crippen LogP contribution in [0, 0.1) is 17.7 Å². The molecule has 0 aliphatic heterocycles. The molecule has 0 spiro atoms. The lowest BCUT2D eigenvalue weighted by Gasteiger charge is -2.06. The number of hydrogen-bond donors (Lipinski definition) is 0. The molecular weight excluding hydrogens is 253 g/mol. The van der Waals surface area contributed by atoms with E-state index in [0.29, 0.717) is 11.1 Å². The summed E-state index contributed by atoms with van der Waals surface area (Å²) < 4.78 is 25.9. The SMILES string of the molecule is Fc1ccc(-c2cc(F)c[c]c2Cl)c(Cl)c1. The average Bonchev–Trinajstić information content (AvgIpc) is 2.22. The molecule has 0 aliphatic rings. The zero-order chi connectivity index (χ0) is 11.7. The fraction of sp³-hybridized carbons (Fsp3) is 0. The Bertz CT molecular complexity index is 539. The molecule has 2 aromatic carbocycles. The van der Waals surface area contributed by atoms with Gasteiger partial charge in [-0.3, -0.25) is 0 Å². The van der Waals surface area contributed by atoms with Gasteiger partial charge in [-0.1, -0.05) is 23.2 Å². The van der Waals surface area contributed by atoms with Crippen molar-refractivity contribution in [3.8, 4) is 11.1 Å². The molecule has 0 N–H and O–H groups in total. The lowest BCUT2D eigenvalue weighted by atomic mass is 10.1. The zero-order valence-corrected chi connectivity index (χ0v) is 9.41. The van der Waals surface area contributed by atoms with Crippen molar-refractivity contribution in [3.63, 3.8) is 0 Å². The Hall–Kier alpha value is -1.12. The average molecular weight is 258 g/mol. The summed E-state index contributed by atoms with van der Waals surface area (Å²) in [6.45, 7) is 0. The summed E-state index contributed by atoms with van der Waals surface area (Å²) in [4.78, 5) is 0. The molecule has 0 heterocycles. The van der Waals surface area contributed by atoms with Crippen LogP contribution in [-0.2, 0) is 0 Å². The Morgan fingerprint density at radius 2 is 1.69 bits per heavy atom. The second kappa shape index (κ2) is 4.40. The summed E-state index contributed by atoms with van der Waals surface area (Å²) in [5.41, 5.74) is 0.871. The third-order valence-electron chi connectivity index (χ3n) is 2.08. The van der Waals surface area contributed by atoms with Gasteiger partial charge in [-0.2, -0.15) is 0 Å². The molecule has 0 fully saturated rings. The van der Waals surface area contributed by atoms with E-state index < -0.39 is 11.6 Å². The molecule has 0 amide bonds. The highest BCUT2D eigenvalue weighted by molar-refractivity contribution is 6.36. The van der Waals surface area contributed by atoms with Crippen molar-refractivity contribution in [2.24, 2.45) is 0 Å². The van der Waals surface area contributed by atoms with Gasteiger partial charge in [-0.05, 0) is 30.3 Å². The number of hydrogen-bond acceptors (Lipinski definition) is 0. The van der Waals surface area contributed by atoms with Crippen LogP contribution in [0.4, 0.5) is 8.78 Å². The van der Waals surface area contributed by atoms with Crippen LogP contribution in [0.15, 0.2) is 30.3 Å². The van der Waals surface area contributed by atoms with Crippen molar-refractivity contribution >= 4 is 23.2 Å². The van der Waals surface area contributed by atoms with Crippen LogP contribution >= 0.6 is 23.2 Å². The number of halogens is 4. The van der Waals surface area contributed by atoms with E-state index in [-0.39, 0.29) is 10.0 Å². The summed E-state index contributed by atoms with van der Waals surface area (Å²) in [6.07, 6.45) is 0. The third kappa shape index (κ3) is 2.18. The molecule has 4 heteroatoms. The van der Waals surface area contributed by atoms with Crippen molar-refractivity contribution in [1.29, 1.82) is 0 Å². The summed E-state index contributed by atoms with van der Waals surface area (Å²) >= 11 is 11.7. The van der Waals surface area contributed by atoms with Gasteiger partial charge >= 0.3 is 0 Å². The van der Waals surface area contributed by atoms with Crippen molar-refractivity contribution in [3.05, 3.63) is 58.1 Å². The van der Waals surface area contributed by atoms with Gasteiger partial charge in [-0.15, -0.1) is 0 Å². The fourth-order valence-electron chi connectivity index (χ4n) is 1.36. The molecule has 81 valence electrons. The summed E-state index contributed by atoms with van der Waals surface area (Å²) in [5, 5.41) is 0.427. The topological polar surface area (TPSA) is 0 Å². The molecule has 0 aromatic heterocycles. The second-order valence-corrected chi connectivity index (χ2v) is 3.95. The van der Waals surface area contributed by atoms with Crippen LogP contribution in [0.3, 0.4) is 0 Å². The fourth-order valence-corrected chi connectivity index (χ4v) is 1.84. The predicted octanol–water partition coefficient (Wildman–Crippen LogP) is 4.74. The lowest BCUT2D eigenvalue weighted by Crippen LogP contribution is -1.85. The maximum absolute atomic E-state index is 13.0. The van der Waals surface area contributed by atoms with Gasteiger partial charge in [0.25, 0.3) is 0 Å². The molecule has 1 radical (unpaired) electrons. The smallest absolute Gasteiger partial charge is 0.124 e. The number of benzene rings is 2. The van der Waals surface area contributed by atoms with E-state index >= 15 is 0 Å². The Labute approximate surface area is 101 Å². The van der Waals surface area contributed by atoms with Gasteiger partial charge in [0, 0.05) is 17.2 Å². The van der Waals surface area contributed by atoms with Gasteiger partial charge in [0.1, 0.15) is 11.6 Å². The Morgan fingerprint density at radius 1 is 0.938 bits per heavy atom. The van der Waals surface area contributed by atoms with Crippen molar-refractivity contribution in [1.82, 2.24) is 0 Å². The number of rotatable bonds is 1. The van der Waals surface area contributed by atoms with E-state index in [9.17, 15) is 8.78 Å². The largest absolute Gasteiger partial charge is 0.207 e. The van der Waals surface area contributed by atoms with Crippen LogP contribution in [0.25, 0.3) is 11.1 Å². The van der Waals surface area contributed by atoms with E-state index in [1.54, 1.807) is 0 Å². The molecule has 0 nitrogen and oxygen atoms in total. The van der Waals surface area contributed by atoms with Crippen LogP contribution in [0.2, 0.25) is 10.0 Å². The van der Waals surface area contributed by atoms with Gasteiger partial charge in [0.15, 0.2) is 0 Å². The normalized spacial score (nSPS) is 10.5. The minimum absolute atomic E-state index is 0.181. The quantitative estimate of drug-likeness (QED) is 0.693. The second-order valence-electron chi connectivity index (χ2n) is 3.17. The summed E-state index contributed by atoms with van der Waals surface area (Å²) in [6, 6.07) is 8.75. The third-order valence-corrected chi connectivity index (χ3v) is 2.70. The van der Waals surface area contributed by atoms with E-state index in [0.717, 1.165) is 12.1 Å². The lowest BCUT2D eigenvalue weighted by molar-refractivity contribution is 0.627. The molecule has 0 bridgehead atoms. The molecule has 0 aliphatic carbocycles. The van der Waals surface area contributed by atoms with Gasteiger partial charge in [0.2, 0.25) is 0 Å². The molecule has 0 atom stereocenters. The molecule has 16 heavy (non-hydrogen) atoms. The molecule has 2 rings (SSSR count).